The fraction of sp³-hybridized carbons (Fsp3) is 0.235. The number of hydrogen-bond acceptors (Lipinski definition) is 2. The van der Waals surface area contributed by atoms with Crippen LogP contribution in [0.15, 0.2) is 48.5 Å². The molecule has 2 aliphatic heterocycles. The maximum Gasteiger partial charge on any atom is 0.340 e. The molecule has 2 aromatic rings. The number of hydrogen-bond donors (Lipinski definition) is 0. The van der Waals surface area contributed by atoms with E-state index in [-0.39, 0.29) is 18.0 Å². The van der Waals surface area contributed by atoms with Crippen LogP contribution in [0.1, 0.15) is 18.2 Å². The maximum atomic E-state index is 13.3. The first kappa shape index (κ1) is 14.5. The lowest BCUT2D eigenvalue weighted by molar-refractivity contribution is 0.0727. The Morgan fingerprint density at radius 1 is 1.00 bits per heavy atom. The molecule has 2 amide bonds. The highest BCUT2D eigenvalue weighted by molar-refractivity contribution is 6.30. The van der Waals surface area contributed by atoms with Crippen LogP contribution in [0.5, 0.6) is 0 Å². The standard InChI is InChI=1S/C17H15ClFN3O/c18-13-4-8-15(9-5-13)22-16(12-2-6-14(19)7-3-12)20-10-1-11-21(20)17(22)23/h2-9,16H,1,10-11H2. The van der Waals surface area contributed by atoms with E-state index >= 15 is 0 Å². The van der Waals surface area contributed by atoms with E-state index in [1.165, 1.54) is 12.1 Å². The normalized spacial score (nSPS) is 21.1. The van der Waals surface area contributed by atoms with Crippen molar-refractivity contribution in [3.63, 3.8) is 0 Å². The molecule has 1 unspecified atom stereocenters. The van der Waals surface area contributed by atoms with Gasteiger partial charge in [-0.05, 0) is 48.4 Å². The summed E-state index contributed by atoms with van der Waals surface area (Å²) in [5.41, 5.74) is 1.67. The fourth-order valence-corrected chi connectivity index (χ4v) is 3.39. The third-order valence-corrected chi connectivity index (χ3v) is 4.55. The molecule has 118 valence electrons. The molecule has 2 aromatic carbocycles. The molecule has 0 N–H and O–H groups in total. The average Bonchev–Trinajstić information content (AvgIpc) is 3.12. The van der Waals surface area contributed by atoms with Gasteiger partial charge in [0.15, 0.2) is 0 Å². The Morgan fingerprint density at radius 3 is 2.39 bits per heavy atom. The van der Waals surface area contributed by atoms with Crippen molar-refractivity contribution in [3.8, 4) is 0 Å². The summed E-state index contributed by atoms with van der Waals surface area (Å²) in [5, 5.41) is 4.44. The second kappa shape index (κ2) is 5.51. The van der Waals surface area contributed by atoms with Gasteiger partial charge in [0, 0.05) is 23.8 Å². The van der Waals surface area contributed by atoms with Crippen LogP contribution in [0.3, 0.4) is 0 Å². The highest BCUT2D eigenvalue weighted by Gasteiger charge is 2.47. The topological polar surface area (TPSA) is 26.8 Å². The summed E-state index contributed by atoms with van der Waals surface area (Å²) in [6.45, 7) is 1.51. The number of amides is 2. The minimum absolute atomic E-state index is 0.0563. The zero-order chi connectivity index (χ0) is 16.0. The van der Waals surface area contributed by atoms with Gasteiger partial charge in [-0.1, -0.05) is 23.7 Å². The molecule has 0 bridgehead atoms. The van der Waals surface area contributed by atoms with Gasteiger partial charge in [0.25, 0.3) is 0 Å². The first-order valence-corrected chi connectivity index (χ1v) is 7.91. The van der Waals surface area contributed by atoms with Crippen LogP contribution in [0, 0.1) is 5.82 Å². The van der Waals surface area contributed by atoms with Gasteiger partial charge in [-0.25, -0.2) is 9.18 Å². The minimum atomic E-state index is -0.283. The van der Waals surface area contributed by atoms with E-state index in [4.69, 9.17) is 11.6 Å². The molecule has 4 rings (SSSR count). The maximum absolute atomic E-state index is 13.3. The van der Waals surface area contributed by atoms with Crippen LogP contribution in [-0.2, 0) is 0 Å². The molecule has 23 heavy (non-hydrogen) atoms. The highest BCUT2D eigenvalue weighted by atomic mass is 35.5. The summed E-state index contributed by atoms with van der Waals surface area (Å²) >= 11 is 5.96. The van der Waals surface area contributed by atoms with Crippen molar-refractivity contribution in [2.45, 2.75) is 12.6 Å². The number of carbonyl (C=O) groups is 1. The van der Waals surface area contributed by atoms with E-state index in [1.54, 1.807) is 34.2 Å². The molecule has 0 saturated carbocycles. The first-order valence-electron chi connectivity index (χ1n) is 7.53. The number of nitrogens with zero attached hydrogens (tertiary/aromatic N) is 3. The molecule has 4 nitrogen and oxygen atoms in total. The fourth-order valence-electron chi connectivity index (χ4n) is 3.26. The predicted octanol–water partition coefficient (Wildman–Crippen LogP) is 4.04. The molecule has 2 heterocycles. The van der Waals surface area contributed by atoms with Gasteiger partial charge in [-0.3, -0.25) is 9.91 Å². The van der Waals surface area contributed by atoms with E-state index in [1.807, 2.05) is 17.1 Å². The molecule has 0 radical (unpaired) electrons. The van der Waals surface area contributed by atoms with Crippen molar-refractivity contribution in [1.29, 1.82) is 0 Å². The molecule has 1 atom stereocenters. The smallest absolute Gasteiger partial charge is 0.271 e. The molecule has 6 heteroatoms. The number of hydrazine groups is 1. The van der Waals surface area contributed by atoms with E-state index in [2.05, 4.69) is 0 Å². The van der Waals surface area contributed by atoms with E-state index < -0.39 is 0 Å². The summed E-state index contributed by atoms with van der Waals surface area (Å²) in [7, 11) is 0. The summed E-state index contributed by atoms with van der Waals surface area (Å²) in [4.78, 5) is 14.6. The zero-order valence-electron chi connectivity index (χ0n) is 12.3. The van der Waals surface area contributed by atoms with Crippen LogP contribution in [0.2, 0.25) is 5.02 Å². The van der Waals surface area contributed by atoms with Gasteiger partial charge in [-0.15, -0.1) is 0 Å². The molecule has 0 aromatic heterocycles. The molecular formula is C17H15ClFN3O. The van der Waals surface area contributed by atoms with Crippen LogP contribution >= 0.6 is 11.6 Å². The Morgan fingerprint density at radius 2 is 1.70 bits per heavy atom. The number of rotatable bonds is 2. The molecule has 2 aliphatic rings. The SMILES string of the molecule is O=C1N(c2ccc(Cl)cc2)C(c2ccc(F)cc2)N2CCCN12. The number of urea groups is 1. The van der Waals surface area contributed by atoms with Crippen LogP contribution in [-0.4, -0.2) is 29.1 Å². The van der Waals surface area contributed by atoms with Gasteiger partial charge in [0.05, 0.1) is 0 Å². The van der Waals surface area contributed by atoms with Crippen molar-refractivity contribution >= 4 is 23.3 Å². The van der Waals surface area contributed by atoms with E-state index in [0.717, 1.165) is 24.2 Å². The molecule has 2 saturated heterocycles. The zero-order valence-corrected chi connectivity index (χ0v) is 13.1. The third kappa shape index (κ3) is 2.36. The number of carbonyl (C=O) groups excluding carboxylic acids is 1. The number of benzene rings is 2. The van der Waals surface area contributed by atoms with E-state index in [0.29, 0.717) is 11.6 Å². The quantitative estimate of drug-likeness (QED) is 0.830. The Balaban J connectivity index is 1.79. The lowest BCUT2D eigenvalue weighted by Crippen LogP contribution is -2.32. The molecule has 2 fully saturated rings. The van der Waals surface area contributed by atoms with Crippen molar-refractivity contribution in [2.75, 3.05) is 18.0 Å². The van der Waals surface area contributed by atoms with Crippen LogP contribution < -0.4 is 4.90 Å². The van der Waals surface area contributed by atoms with Crippen LogP contribution in [0.25, 0.3) is 0 Å². The van der Waals surface area contributed by atoms with Crippen molar-refractivity contribution in [1.82, 2.24) is 10.0 Å². The van der Waals surface area contributed by atoms with E-state index in [9.17, 15) is 9.18 Å². The number of fused-ring (bicyclic) bond motifs is 1. The Hall–Kier alpha value is -2.11. The van der Waals surface area contributed by atoms with Crippen LogP contribution in [0.4, 0.5) is 14.9 Å². The van der Waals surface area contributed by atoms with Crippen molar-refractivity contribution in [3.05, 3.63) is 64.9 Å². The van der Waals surface area contributed by atoms with Gasteiger partial charge in [0.2, 0.25) is 0 Å². The Kier molecular flexibility index (Phi) is 3.47. The number of anilines is 1. The predicted molar refractivity (Wildman–Crippen MR) is 86.5 cm³/mol. The largest absolute Gasteiger partial charge is 0.340 e. The van der Waals surface area contributed by atoms with Gasteiger partial charge in [0.1, 0.15) is 12.0 Å². The second-order valence-corrected chi connectivity index (χ2v) is 6.13. The summed E-state index contributed by atoms with van der Waals surface area (Å²) in [6.07, 6.45) is 0.685. The van der Waals surface area contributed by atoms with Crippen molar-refractivity contribution < 1.29 is 9.18 Å². The van der Waals surface area contributed by atoms with Gasteiger partial charge < -0.3 is 0 Å². The van der Waals surface area contributed by atoms with Crippen molar-refractivity contribution in [2.24, 2.45) is 0 Å². The minimum Gasteiger partial charge on any atom is -0.271 e. The summed E-state index contributed by atoms with van der Waals surface area (Å²) < 4.78 is 13.3. The molecular weight excluding hydrogens is 317 g/mol. The molecule has 0 aliphatic carbocycles. The third-order valence-electron chi connectivity index (χ3n) is 4.29. The lowest BCUT2D eigenvalue weighted by atomic mass is 10.1. The first-order chi connectivity index (χ1) is 11.1. The van der Waals surface area contributed by atoms with Gasteiger partial charge >= 0.3 is 6.03 Å². The Labute approximate surface area is 138 Å². The average molecular weight is 332 g/mol. The number of halogens is 2. The molecule has 0 spiro atoms. The summed E-state index contributed by atoms with van der Waals surface area (Å²) in [6, 6.07) is 13.5. The van der Waals surface area contributed by atoms with Gasteiger partial charge in [-0.2, -0.15) is 5.01 Å². The Bertz CT molecular complexity index is 735. The second-order valence-electron chi connectivity index (χ2n) is 5.69. The lowest BCUT2D eigenvalue weighted by Gasteiger charge is -2.28. The highest BCUT2D eigenvalue weighted by Crippen LogP contribution is 2.40. The monoisotopic (exact) mass is 331 g/mol. The summed E-state index contributed by atoms with van der Waals surface area (Å²) in [5.74, 6) is -0.283.